The smallest absolute Gasteiger partial charge is 0.0359 e. The summed E-state index contributed by atoms with van der Waals surface area (Å²) < 4.78 is 0. The van der Waals surface area contributed by atoms with Gasteiger partial charge in [0.15, 0.2) is 0 Å². The van der Waals surface area contributed by atoms with E-state index in [9.17, 15) is 0 Å². The lowest BCUT2D eigenvalue weighted by Crippen LogP contribution is -2.05. The van der Waals surface area contributed by atoms with E-state index in [1.807, 2.05) is 0 Å². The van der Waals surface area contributed by atoms with Crippen molar-refractivity contribution >= 4 is 0 Å². The molecule has 0 aromatic carbocycles. The molecule has 0 spiro atoms. The second kappa shape index (κ2) is 3.12. The zero-order valence-corrected chi connectivity index (χ0v) is 7.91. The summed E-state index contributed by atoms with van der Waals surface area (Å²) in [7, 11) is 0. The maximum atomic E-state index is 3.41. The SMILES string of the molecule is CC(C)=C1CCNC1=C(C)C. The first-order chi connectivity index (χ1) is 5.13. The normalized spacial score (nSPS) is 16.7. The fraction of sp³-hybridized carbons (Fsp3) is 0.600. The van der Waals surface area contributed by atoms with Crippen LogP contribution in [0.25, 0.3) is 0 Å². The average molecular weight is 151 g/mol. The summed E-state index contributed by atoms with van der Waals surface area (Å²) in [4.78, 5) is 0. The van der Waals surface area contributed by atoms with Crippen LogP contribution < -0.4 is 5.32 Å². The molecule has 0 aromatic rings. The van der Waals surface area contributed by atoms with E-state index in [1.54, 1.807) is 0 Å². The van der Waals surface area contributed by atoms with Crippen molar-refractivity contribution in [3.05, 3.63) is 22.4 Å². The minimum absolute atomic E-state index is 1.11. The third-order valence-electron chi connectivity index (χ3n) is 2.08. The van der Waals surface area contributed by atoms with Gasteiger partial charge in [-0.1, -0.05) is 11.1 Å². The predicted octanol–water partition coefficient (Wildman–Crippen LogP) is 2.61. The number of nitrogens with one attached hydrogen (secondary N) is 1. The van der Waals surface area contributed by atoms with Gasteiger partial charge in [0, 0.05) is 12.2 Å². The van der Waals surface area contributed by atoms with Crippen molar-refractivity contribution < 1.29 is 0 Å². The number of allylic oxidation sites excluding steroid dienone is 3. The van der Waals surface area contributed by atoms with Crippen LogP contribution in [0.4, 0.5) is 0 Å². The first-order valence-corrected chi connectivity index (χ1v) is 4.21. The molecule has 0 aliphatic carbocycles. The number of hydrogen-bond donors (Lipinski definition) is 1. The van der Waals surface area contributed by atoms with Crippen molar-refractivity contribution in [3.63, 3.8) is 0 Å². The molecule has 1 rings (SSSR count). The van der Waals surface area contributed by atoms with Gasteiger partial charge in [0.2, 0.25) is 0 Å². The van der Waals surface area contributed by atoms with Crippen LogP contribution in [0.5, 0.6) is 0 Å². The minimum atomic E-state index is 1.11. The molecule has 1 aliphatic rings. The maximum absolute atomic E-state index is 3.41. The summed E-state index contributed by atoms with van der Waals surface area (Å²) >= 11 is 0. The highest BCUT2D eigenvalue weighted by atomic mass is 14.9. The van der Waals surface area contributed by atoms with Crippen molar-refractivity contribution in [1.29, 1.82) is 0 Å². The van der Waals surface area contributed by atoms with Crippen LogP contribution in [0.15, 0.2) is 22.4 Å². The molecule has 0 unspecified atom stereocenters. The first-order valence-electron chi connectivity index (χ1n) is 4.21. The predicted molar refractivity (Wildman–Crippen MR) is 49.4 cm³/mol. The van der Waals surface area contributed by atoms with Crippen molar-refractivity contribution in [1.82, 2.24) is 5.32 Å². The molecule has 1 saturated heterocycles. The summed E-state index contributed by atoms with van der Waals surface area (Å²) in [5.41, 5.74) is 5.75. The van der Waals surface area contributed by atoms with Crippen LogP contribution in [-0.4, -0.2) is 6.54 Å². The van der Waals surface area contributed by atoms with Gasteiger partial charge in [-0.3, -0.25) is 0 Å². The second-order valence-electron chi connectivity index (χ2n) is 3.53. The lowest BCUT2D eigenvalue weighted by molar-refractivity contribution is 0.905. The van der Waals surface area contributed by atoms with Crippen molar-refractivity contribution in [2.45, 2.75) is 34.1 Å². The van der Waals surface area contributed by atoms with E-state index < -0.39 is 0 Å². The van der Waals surface area contributed by atoms with Gasteiger partial charge in [-0.25, -0.2) is 0 Å². The summed E-state index contributed by atoms with van der Waals surface area (Å²) in [6.45, 7) is 9.81. The van der Waals surface area contributed by atoms with E-state index in [2.05, 4.69) is 33.0 Å². The van der Waals surface area contributed by atoms with Gasteiger partial charge in [-0.15, -0.1) is 0 Å². The van der Waals surface area contributed by atoms with E-state index in [1.165, 1.54) is 28.8 Å². The molecule has 0 bridgehead atoms. The Hall–Kier alpha value is -0.720. The molecule has 1 nitrogen and oxygen atoms in total. The summed E-state index contributed by atoms with van der Waals surface area (Å²) in [5, 5.41) is 3.41. The van der Waals surface area contributed by atoms with E-state index in [-0.39, 0.29) is 0 Å². The van der Waals surface area contributed by atoms with Gasteiger partial charge < -0.3 is 5.32 Å². The van der Waals surface area contributed by atoms with Crippen molar-refractivity contribution in [3.8, 4) is 0 Å². The van der Waals surface area contributed by atoms with E-state index in [4.69, 9.17) is 0 Å². The third kappa shape index (κ3) is 1.65. The summed E-state index contributed by atoms with van der Waals surface area (Å²) in [6, 6.07) is 0. The molecule has 62 valence electrons. The molecule has 0 saturated carbocycles. The fourth-order valence-corrected chi connectivity index (χ4v) is 1.52. The lowest BCUT2D eigenvalue weighted by atomic mass is 10.0. The van der Waals surface area contributed by atoms with Gasteiger partial charge in [-0.05, 0) is 39.7 Å². The largest absolute Gasteiger partial charge is 0.385 e. The van der Waals surface area contributed by atoms with Gasteiger partial charge in [0.1, 0.15) is 0 Å². The highest BCUT2D eigenvalue weighted by molar-refractivity contribution is 5.38. The molecule has 1 heterocycles. The topological polar surface area (TPSA) is 12.0 Å². The molecule has 1 N–H and O–H groups in total. The lowest BCUT2D eigenvalue weighted by Gasteiger charge is -2.05. The van der Waals surface area contributed by atoms with Crippen molar-refractivity contribution in [2.75, 3.05) is 6.54 Å². The molecular weight excluding hydrogens is 134 g/mol. The molecule has 11 heavy (non-hydrogen) atoms. The molecular formula is C10H17N. The highest BCUT2D eigenvalue weighted by Gasteiger charge is 2.14. The van der Waals surface area contributed by atoms with Crippen LogP contribution in [0.2, 0.25) is 0 Å². The Bertz CT molecular complexity index is 189. The highest BCUT2D eigenvalue weighted by Crippen LogP contribution is 2.23. The van der Waals surface area contributed by atoms with Crippen molar-refractivity contribution in [2.24, 2.45) is 0 Å². The molecule has 0 amide bonds. The average Bonchev–Trinajstić information content (AvgIpc) is 2.32. The molecule has 1 fully saturated rings. The Morgan fingerprint density at radius 1 is 1.09 bits per heavy atom. The van der Waals surface area contributed by atoms with Crippen LogP contribution >= 0.6 is 0 Å². The van der Waals surface area contributed by atoms with E-state index in [0.29, 0.717) is 0 Å². The summed E-state index contributed by atoms with van der Waals surface area (Å²) in [6.07, 6.45) is 1.20. The Kier molecular flexibility index (Phi) is 2.38. The molecule has 0 radical (unpaired) electrons. The molecule has 0 atom stereocenters. The monoisotopic (exact) mass is 151 g/mol. The van der Waals surface area contributed by atoms with Gasteiger partial charge in [0.25, 0.3) is 0 Å². The third-order valence-corrected chi connectivity index (χ3v) is 2.08. The molecule has 0 aromatic heterocycles. The standard InChI is InChI=1S/C10H17N/c1-7(2)9-5-6-11-10(9)8(3)4/h11H,5-6H2,1-4H3. The van der Waals surface area contributed by atoms with E-state index >= 15 is 0 Å². The number of hydrogen-bond acceptors (Lipinski definition) is 1. The van der Waals surface area contributed by atoms with Gasteiger partial charge in [-0.2, -0.15) is 0 Å². The Balaban J connectivity index is 3.01. The number of rotatable bonds is 0. The zero-order valence-electron chi connectivity index (χ0n) is 7.91. The van der Waals surface area contributed by atoms with Crippen LogP contribution in [0.3, 0.4) is 0 Å². The van der Waals surface area contributed by atoms with Crippen LogP contribution in [0, 0.1) is 0 Å². The first kappa shape index (κ1) is 8.38. The van der Waals surface area contributed by atoms with Crippen LogP contribution in [-0.2, 0) is 0 Å². The Morgan fingerprint density at radius 2 is 1.73 bits per heavy atom. The Labute approximate surface area is 69.2 Å². The zero-order chi connectivity index (χ0) is 8.43. The molecule has 1 heteroatoms. The fourth-order valence-electron chi connectivity index (χ4n) is 1.52. The summed E-state index contributed by atoms with van der Waals surface area (Å²) in [5.74, 6) is 0. The van der Waals surface area contributed by atoms with Crippen LogP contribution in [0.1, 0.15) is 34.1 Å². The van der Waals surface area contributed by atoms with Gasteiger partial charge in [0.05, 0.1) is 0 Å². The molecule has 1 aliphatic heterocycles. The quantitative estimate of drug-likeness (QED) is 0.561. The Morgan fingerprint density at radius 3 is 2.09 bits per heavy atom. The van der Waals surface area contributed by atoms with E-state index in [0.717, 1.165) is 6.54 Å². The maximum Gasteiger partial charge on any atom is 0.0359 e. The van der Waals surface area contributed by atoms with Gasteiger partial charge >= 0.3 is 0 Å². The second-order valence-corrected chi connectivity index (χ2v) is 3.53. The minimum Gasteiger partial charge on any atom is -0.385 e.